The number of ether oxygens (including phenoxy) is 1. The second kappa shape index (κ2) is 7.81. The Morgan fingerprint density at radius 3 is 1.36 bits per heavy atom. The fourth-order valence-corrected chi connectivity index (χ4v) is 7.72. The van der Waals surface area contributed by atoms with Crippen molar-refractivity contribution in [3.8, 4) is 0 Å². The van der Waals surface area contributed by atoms with Gasteiger partial charge in [0.05, 0.1) is 6.61 Å². The van der Waals surface area contributed by atoms with Crippen molar-refractivity contribution in [1.82, 2.24) is 0 Å². The summed E-state index contributed by atoms with van der Waals surface area (Å²) in [6.45, 7) is 0.631. The molecule has 0 N–H and O–H groups in total. The highest BCUT2D eigenvalue weighted by Gasteiger charge is 2.47. The van der Waals surface area contributed by atoms with Crippen LogP contribution in [-0.4, -0.2) is 12.8 Å². The van der Waals surface area contributed by atoms with Crippen molar-refractivity contribution in [2.45, 2.75) is 6.42 Å². The predicted molar refractivity (Wildman–Crippen MR) is 109 cm³/mol. The quantitative estimate of drug-likeness (QED) is 0.565. The molecule has 0 fully saturated rings. The van der Waals surface area contributed by atoms with Gasteiger partial charge in [-0.1, -0.05) is 0 Å². The van der Waals surface area contributed by atoms with Gasteiger partial charge in [0.2, 0.25) is 0 Å². The average Bonchev–Trinajstić information content (AvgIpc) is 3.21. The lowest BCUT2D eigenvalue weighted by molar-refractivity contribution is 0.248. The minimum absolute atomic E-state index is 0.323. The Balaban J connectivity index is 1.98. The molecule has 0 spiro atoms. The molecule has 5 heteroatoms. The van der Waals surface area contributed by atoms with Gasteiger partial charge in [-0.05, 0) is 78.9 Å². The highest BCUT2D eigenvalue weighted by Crippen LogP contribution is 2.57. The molecular formula is C23H19F3OP+. The Kier molecular flexibility index (Phi) is 5.23. The van der Waals surface area contributed by atoms with Crippen LogP contribution in [0, 0.1) is 17.5 Å². The van der Waals surface area contributed by atoms with Crippen LogP contribution in [0.3, 0.4) is 0 Å². The van der Waals surface area contributed by atoms with Crippen molar-refractivity contribution in [3.63, 3.8) is 0 Å². The van der Waals surface area contributed by atoms with Crippen LogP contribution in [0.1, 0.15) is 6.42 Å². The molecule has 1 nitrogen and oxygen atoms in total. The van der Waals surface area contributed by atoms with Crippen LogP contribution in [0.25, 0.3) is 0 Å². The second-order valence-corrected chi connectivity index (χ2v) is 10.2. The first-order chi connectivity index (χ1) is 13.6. The van der Waals surface area contributed by atoms with Crippen molar-refractivity contribution < 1.29 is 17.9 Å². The summed E-state index contributed by atoms with van der Waals surface area (Å²) in [6.07, 6.45) is 3.48. The van der Waals surface area contributed by atoms with Crippen molar-refractivity contribution in [1.29, 1.82) is 0 Å². The summed E-state index contributed by atoms with van der Waals surface area (Å²) in [6, 6.07) is 19.2. The number of benzene rings is 3. The molecule has 0 unspecified atom stereocenters. The van der Waals surface area contributed by atoms with Crippen LogP contribution in [0.15, 0.2) is 84.6 Å². The van der Waals surface area contributed by atoms with Gasteiger partial charge in [0.15, 0.2) is 0 Å². The summed E-state index contributed by atoms with van der Waals surface area (Å²) in [5.41, 5.74) is 0. The van der Waals surface area contributed by atoms with Gasteiger partial charge >= 0.3 is 0 Å². The third-order valence-corrected chi connectivity index (χ3v) is 9.30. The van der Waals surface area contributed by atoms with E-state index in [1.54, 1.807) is 36.4 Å². The fraction of sp³-hybridized carbons (Fsp3) is 0.130. The van der Waals surface area contributed by atoms with E-state index in [2.05, 4.69) is 6.08 Å². The summed E-state index contributed by atoms with van der Waals surface area (Å²) in [7, 11) is -2.36. The fourth-order valence-electron chi connectivity index (χ4n) is 3.62. The number of rotatable bonds is 5. The van der Waals surface area contributed by atoms with E-state index in [0.717, 1.165) is 28.1 Å². The number of hydrogen-bond donors (Lipinski definition) is 0. The standard InChI is InChI=1S/C23H19F3OP/c24-17-3-9-21(10-4-17)28(16-20-2-1-15-27-20,22-11-5-18(25)6-12-22)23-13-7-19(26)8-14-23/h2-14H,1,15-16H2/q+1. The molecule has 0 saturated carbocycles. The average molecular weight is 399 g/mol. The lowest BCUT2D eigenvalue weighted by atomic mass is 10.3. The summed E-state index contributed by atoms with van der Waals surface area (Å²) in [5, 5.41) is 2.80. The van der Waals surface area contributed by atoms with Gasteiger partial charge < -0.3 is 4.74 Å². The zero-order valence-electron chi connectivity index (χ0n) is 15.1. The van der Waals surface area contributed by atoms with E-state index >= 15 is 0 Å². The molecule has 1 aliphatic rings. The Morgan fingerprint density at radius 2 is 1.04 bits per heavy atom. The summed E-state index contributed by atoms with van der Waals surface area (Å²) in [4.78, 5) is 0. The molecule has 0 aromatic heterocycles. The molecule has 4 rings (SSSR count). The maximum absolute atomic E-state index is 13.7. The van der Waals surface area contributed by atoms with Crippen molar-refractivity contribution >= 4 is 23.2 Å². The Labute approximate surface area is 162 Å². The second-order valence-electron chi connectivity index (χ2n) is 6.70. The van der Waals surface area contributed by atoms with Gasteiger partial charge in [-0.15, -0.1) is 0 Å². The smallest absolute Gasteiger partial charge is 0.130 e. The molecule has 28 heavy (non-hydrogen) atoms. The molecule has 1 aliphatic heterocycles. The zero-order chi connectivity index (χ0) is 19.6. The molecule has 0 bridgehead atoms. The van der Waals surface area contributed by atoms with Gasteiger partial charge in [-0.3, -0.25) is 0 Å². The molecular weight excluding hydrogens is 380 g/mol. The van der Waals surface area contributed by atoms with Crippen molar-refractivity contribution in [3.05, 3.63) is 102 Å². The topological polar surface area (TPSA) is 9.23 Å². The van der Waals surface area contributed by atoms with Gasteiger partial charge in [0.25, 0.3) is 0 Å². The summed E-state index contributed by atoms with van der Waals surface area (Å²) in [5.74, 6) is -0.101. The summed E-state index contributed by atoms with van der Waals surface area (Å²) < 4.78 is 46.8. The molecule has 3 aromatic rings. The van der Waals surface area contributed by atoms with E-state index in [1.807, 2.05) is 0 Å². The highest BCUT2D eigenvalue weighted by atomic mass is 31.2. The van der Waals surface area contributed by atoms with Gasteiger partial charge in [-0.25, -0.2) is 13.2 Å². The Morgan fingerprint density at radius 1 is 0.643 bits per heavy atom. The molecule has 3 aromatic carbocycles. The lowest BCUT2D eigenvalue weighted by Gasteiger charge is -2.28. The van der Waals surface area contributed by atoms with Crippen molar-refractivity contribution in [2.24, 2.45) is 0 Å². The molecule has 0 saturated heterocycles. The highest BCUT2D eigenvalue weighted by molar-refractivity contribution is 7.95. The Hall–Kier alpha value is -2.58. The molecule has 0 amide bonds. The van der Waals surface area contributed by atoms with E-state index in [9.17, 15) is 13.2 Å². The Bertz CT molecular complexity index is 869. The van der Waals surface area contributed by atoms with Crippen LogP contribution < -0.4 is 15.9 Å². The number of hydrogen-bond acceptors (Lipinski definition) is 1. The maximum Gasteiger partial charge on any atom is 0.130 e. The first-order valence-corrected chi connectivity index (χ1v) is 11.0. The van der Waals surface area contributed by atoms with E-state index in [0.29, 0.717) is 12.8 Å². The van der Waals surface area contributed by atoms with Crippen LogP contribution in [0.5, 0.6) is 0 Å². The minimum atomic E-state index is -2.36. The predicted octanol–water partition coefficient (Wildman–Crippen LogP) is 4.70. The third-order valence-electron chi connectivity index (χ3n) is 4.97. The van der Waals surface area contributed by atoms with E-state index in [-0.39, 0.29) is 17.5 Å². The van der Waals surface area contributed by atoms with Crippen LogP contribution >= 0.6 is 7.26 Å². The molecule has 1 heterocycles. The third kappa shape index (κ3) is 3.57. The van der Waals surface area contributed by atoms with Crippen LogP contribution in [0.2, 0.25) is 0 Å². The van der Waals surface area contributed by atoms with Crippen LogP contribution in [-0.2, 0) is 4.74 Å². The monoisotopic (exact) mass is 399 g/mol. The van der Waals surface area contributed by atoms with E-state index in [1.165, 1.54) is 36.4 Å². The number of halogens is 3. The lowest BCUT2D eigenvalue weighted by Crippen LogP contribution is -2.34. The molecule has 0 aliphatic carbocycles. The van der Waals surface area contributed by atoms with E-state index < -0.39 is 7.26 Å². The van der Waals surface area contributed by atoms with Gasteiger partial charge in [0, 0.05) is 6.42 Å². The van der Waals surface area contributed by atoms with Gasteiger partial charge in [-0.2, -0.15) is 0 Å². The number of allylic oxidation sites excluding steroid dienone is 1. The normalized spacial score (nSPS) is 13.9. The zero-order valence-corrected chi connectivity index (χ0v) is 16.0. The van der Waals surface area contributed by atoms with Crippen LogP contribution in [0.4, 0.5) is 13.2 Å². The van der Waals surface area contributed by atoms with Gasteiger partial charge in [0.1, 0.15) is 52.5 Å². The molecule has 0 radical (unpaired) electrons. The minimum Gasteiger partial charge on any atom is -0.494 e. The van der Waals surface area contributed by atoms with E-state index in [4.69, 9.17) is 4.74 Å². The first kappa shape index (κ1) is 18.8. The summed E-state index contributed by atoms with van der Waals surface area (Å²) >= 11 is 0. The largest absolute Gasteiger partial charge is 0.494 e. The molecule has 0 atom stereocenters. The maximum atomic E-state index is 13.7. The molecule has 142 valence electrons. The van der Waals surface area contributed by atoms with Crippen molar-refractivity contribution in [2.75, 3.05) is 12.8 Å². The first-order valence-electron chi connectivity index (χ1n) is 9.06. The SMILES string of the molecule is Fc1ccc([P+](CC2=CCCO2)(c2ccc(F)cc2)c2ccc(F)cc2)cc1.